The minimum atomic E-state index is -3.19. The van der Waals surface area contributed by atoms with Crippen molar-refractivity contribution < 1.29 is 13.2 Å². The lowest BCUT2D eigenvalue weighted by molar-refractivity contribution is 0.0395. The summed E-state index contributed by atoms with van der Waals surface area (Å²) in [5, 5.41) is 0. The largest absolute Gasteiger partial charge is 0.373 e. The summed E-state index contributed by atoms with van der Waals surface area (Å²) in [6.45, 7) is 7.93. The summed E-state index contributed by atoms with van der Waals surface area (Å²) in [5.74, 6) is 0.247. The molecule has 0 N–H and O–H groups in total. The van der Waals surface area contributed by atoms with Gasteiger partial charge < -0.3 is 4.74 Å². The number of hydrogen-bond acceptors (Lipinski definition) is 4. The van der Waals surface area contributed by atoms with Gasteiger partial charge >= 0.3 is 0 Å². The van der Waals surface area contributed by atoms with Crippen LogP contribution in [0.4, 0.5) is 0 Å². The van der Waals surface area contributed by atoms with E-state index in [9.17, 15) is 8.42 Å². The maximum Gasteiger partial charge on any atom is 0.214 e. The van der Waals surface area contributed by atoms with E-state index >= 15 is 0 Å². The predicted octanol–water partition coefficient (Wildman–Crippen LogP) is 3.37. The van der Waals surface area contributed by atoms with E-state index in [0.717, 1.165) is 49.8 Å². The van der Waals surface area contributed by atoms with E-state index in [0.29, 0.717) is 26.1 Å². The lowest BCUT2D eigenvalue weighted by Crippen LogP contribution is -2.39. The zero-order chi connectivity index (χ0) is 18.7. The highest BCUT2D eigenvalue weighted by Crippen LogP contribution is 2.32. The van der Waals surface area contributed by atoms with Gasteiger partial charge in [-0.2, -0.15) is 4.31 Å². The van der Waals surface area contributed by atoms with E-state index in [-0.39, 0.29) is 11.9 Å². The molecule has 3 rings (SSSR count). The Morgan fingerprint density at radius 1 is 1.15 bits per heavy atom. The third kappa shape index (κ3) is 4.12. The van der Waals surface area contributed by atoms with Crippen molar-refractivity contribution >= 4 is 10.0 Å². The number of fused-ring (bicyclic) bond motifs is 3. The van der Waals surface area contributed by atoms with Crippen molar-refractivity contribution in [3.8, 4) is 0 Å². The van der Waals surface area contributed by atoms with Gasteiger partial charge in [-0.15, -0.1) is 0 Å². The van der Waals surface area contributed by atoms with Crippen LogP contribution < -0.4 is 0 Å². The second kappa shape index (κ2) is 8.36. The molecule has 1 aromatic heterocycles. The topological polar surface area (TPSA) is 59.5 Å². The highest BCUT2D eigenvalue weighted by molar-refractivity contribution is 7.89. The van der Waals surface area contributed by atoms with Gasteiger partial charge in [-0.3, -0.25) is 4.98 Å². The smallest absolute Gasteiger partial charge is 0.214 e. The second-order valence-electron chi connectivity index (χ2n) is 7.62. The number of nitrogens with zero attached hydrogens (tertiary/aromatic N) is 2. The van der Waals surface area contributed by atoms with Crippen LogP contribution in [0, 0.1) is 0 Å². The number of aromatic nitrogens is 1. The third-order valence-electron chi connectivity index (χ3n) is 5.55. The number of unbranched alkanes of at least 4 members (excludes halogenated alkanes) is 2. The average Bonchev–Trinajstić information content (AvgIpc) is 2.64. The van der Waals surface area contributed by atoms with Gasteiger partial charge in [0.2, 0.25) is 10.0 Å². The van der Waals surface area contributed by atoms with Crippen LogP contribution in [0.1, 0.15) is 74.5 Å². The minimum absolute atomic E-state index is 0.204. The summed E-state index contributed by atoms with van der Waals surface area (Å²) < 4.78 is 32.9. The number of hydrogen-bond donors (Lipinski definition) is 0. The normalized spacial score (nSPS) is 20.7. The number of ether oxygens (including phenoxy) is 1. The Kier molecular flexibility index (Phi) is 6.36. The van der Waals surface area contributed by atoms with Gasteiger partial charge in [-0.1, -0.05) is 26.7 Å². The van der Waals surface area contributed by atoms with E-state index in [1.54, 1.807) is 4.31 Å². The molecular weight excluding hydrogens is 348 g/mol. The number of pyridine rings is 1. The van der Waals surface area contributed by atoms with Crippen LogP contribution in [-0.4, -0.2) is 36.1 Å². The van der Waals surface area contributed by atoms with Gasteiger partial charge in [0.15, 0.2) is 0 Å². The van der Waals surface area contributed by atoms with Crippen LogP contribution >= 0.6 is 0 Å². The van der Waals surface area contributed by atoms with Crippen molar-refractivity contribution in [3.63, 3.8) is 0 Å². The molecule has 0 radical (unpaired) electrons. The van der Waals surface area contributed by atoms with Gasteiger partial charge in [-0.05, 0) is 42.9 Å². The van der Waals surface area contributed by atoms with Crippen LogP contribution in [0.5, 0.6) is 0 Å². The van der Waals surface area contributed by atoms with Crippen molar-refractivity contribution in [2.45, 2.75) is 85.0 Å². The molecule has 0 saturated carbocycles. The van der Waals surface area contributed by atoms with Crippen molar-refractivity contribution in [3.05, 3.63) is 28.1 Å². The van der Waals surface area contributed by atoms with E-state index in [2.05, 4.69) is 13.8 Å². The van der Waals surface area contributed by atoms with Crippen molar-refractivity contribution in [2.24, 2.45) is 0 Å². The molecule has 0 fully saturated rings. The lowest BCUT2D eigenvalue weighted by atomic mass is 9.89. The van der Waals surface area contributed by atoms with Crippen molar-refractivity contribution in [2.75, 3.05) is 12.3 Å². The molecular formula is C20H32N2O3S. The second-order valence-corrected chi connectivity index (χ2v) is 9.71. The van der Waals surface area contributed by atoms with Gasteiger partial charge in [0.25, 0.3) is 0 Å². The monoisotopic (exact) mass is 380 g/mol. The molecule has 1 aromatic rings. The Labute approximate surface area is 158 Å². The standard InChI is InChI=1S/C20H32N2O3S/c1-4-6-8-19-16-12-15(3)25-14-18(16)17-13-22(10-9-20(17)21-19)26(23,24)11-7-5-2/h15H,4-14H2,1-3H3/t15-/m0/s1. The molecule has 0 aromatic carbocycles. The van der Waals surface area contributed by atoms with E-state index < -0.39 is 10.0 Å². The van der Waals surface area contributed by atoms with Gasteiger partial charge in [0.05, 0.1) is 18.5 Å². The van der Waals surface area contributed by atoms with Gasteiger partial charge in [0.1, 0.15) is 0 Å². The molecule has 0 bridgehead atoms. The molecule has 3 heterocycles. The maximum absolute atomic E-state index is 12.7. The van der Waals surface area contributed by atoms with Crippen LogP contribution in [0.15, 0.2) is 0 Å². The van der Waals surface area contributed by atoms with Gasteiger partial charge in [0, 0.05) is 37.3 Å². The van der Waals surface area contributed by atoms with Crippen LogP contribution in [0.2, 0.25) is 0 Å². The molecule has 1 atom stereocenters. The fourth-order valence-electron chi connectivity index (χ4n) is 3.94. The first kappa shape index (κ1) is 19.8. The lowest BCUT2D eigenvalue weighted by Gasteiger charge is -2.33. The highest BCUT2D eigenvalue weighted by Gasteiger charge is 2.32. The molecule has 2 aliphatic heterocycles. The molecule has 26 heavy (non-hydrogen) atoms. The minimum Gasteiger partial charge on any atom is -0.373 e. The molecule has 0 amide bonds. The van der Waals surface area contributed by atoms with Crippen LogP contribution in [0.25, 0.3) is 0 Å². The Bertz CT molecular complexity index is 746. The molecule has 6 heteroatoms. The first-order valence-corrected chi connectivity index (χ1v) is 11.7. The summed E-state index contributed by atoms with van der Waals surface area (Å²) in [7, 11) is -3.19. The van der Waals surface area contributed by atoms with E-state index in [1.165, 1.54) is 16.8 Å². The Morgan fingerprint density at radius 2 is 1.92 bits per heavy atom. The van der Waals surface area contributed by atoms with Crippen molar-refractivity contribution in [1.29, 1.82) is 0 Å². The third-order valence-corrected chi connectivity index (χ3v) is 7.45. The first-order chi connectivity index (χ1) is 12.5. The molecule has 0 saturated heterocycles. The van der Waals surface area contributed by atoms with Crippen LogP contribution in [-0.2, 0) is 47.2 Å². The van der Waals surface area contributed by atoms with Crippen molar-refractivity contribution in [1.82, 2.24) is 9.29 Å². The summed E-state index contributed by atoms with van der Waals surface area (Å²) in [4.78, 5) is 5.00. The first-order valence-electron chi connectivity index (χ1n) is 10.1. The summed E-state index contributed by atoms with van der Waals surface area (Å²) >= 11 is 0. The Balaban J connectivity index is 1.93. The van der Waals surface area contributed by atoms with E-state index in [4.69, 9.17) is 9.72 Å². The molecule has 5 nitrogen and oxygen atoms in total. The zero-order valence-electron chi connectivity index (χ0n) is 16.4. The SMILES string of the molecule is CCCCc1nc2c(c3c1C[C@H](C)OC3)CN(S(=O)(=O)CCCC)CC2. The molecule has 146 valence electrons. The zero-order valence-corrected chi connectivity index (χ0v) is 17.2. The molecule has 0 unspecified atom stereocenters. The fraction of sp³-hybridized carbons (Fsp3) is 0.750. The number of rotatable bonds is 7. The van der Waals surface area contributed by atoms with E-state index in [1.807, 2.05) is 6.92 Å². The summed E-state index contributed by atoms with van der Waals surface area (Å²) in [6, 6.07) is 0. The fourth-order valence-corrected chi connectivity index (χ4v) is 5.55. The predicted molar refractivity (Wildman–Crippen MR) is 104 cm³/mol. The Morgan fingerprint density at radius 3 is 2.65 bits per heavy atom. The number of sulfonamides is 1. The Hall–Kier alpha value is -0.980. The summed E-state index contributed by atoms with van der Waals surface area (Å²) in [6.07, 6.45) is 6.73. The quantitative estimate of drug-likeness (QED) is 0.728. The highest BCUT2D eigenvalue weighted by atomic mass is 32.2. The summed E-state index contributed by atoms with van der Waals surface area (Å²) in [5.41, 5.74) is 5.96. The number of aryl methyl sites for hydroxylation is 1. The maximum atomic E-state index is 12.7. The average molecular weight is 381 g/mol. The molecule has 0 aliphatic carbocycles. The molecule has 2 aliphatic rings. The van der Waals surface area contributed by atoms with Gasteiger partial charge in [-0.25, -0.2) is 8.42 Å². The molecule has 0 spiro atoms. The van der Waals surface area contributed by atoms with Crippen LogP contribution in [0.3, 0.4) is 0 Å².